The molecule has 2 N–H and O–H groups in total. The lowest BCUT2D eigenvalue weighted by molar-refractivity contribution is -0.125. The van der Waals surface area contributed by atoms with E-state index in [0.717, 1.165) is 5.56 Å². The summed E-state index contributed by atoms with van der Waals surface area (Å²) in [4.78, 5) is 13.4. The standard InChI is InChI=1S/C13H18N2O2/c1-7(2)9-5-10(14)12-11(6-9)17-8(3)13(16)15(12)4/h5-8H,14H2,1-4H3. The Kier molecular flexibility index (Phi) is 2.73. The lowest BCUT2D eigenvalue weighted by Gasteiger charge is -2.32. The van der Waals surface area contributed by atoms with E-state index in [1.807, 2.05) is 12.1 Å². The smallest absolute Gasteiger partial charge is 0.267 e. The first-order valence-electron chi connectivity index (χ1n) is 5.79. The minimum absolute atomic E-state index is 0.0681. The van der Waals surface area contributed by atoms with E-state index >= 15 is 0 Å². The highest BCUT2D eigenvalue weighted by Crippen LogP contribution is 2.40. The van der Waals surface area contributed by atoms with Crippen LogP contribution in [0.25, 0.3) is 0 Å². The summed E-state index contributed by atoms with van der Waals surface area (Å²) >= 11 is 0. The van der Waals surface area contributed by atoms with Gasteiger partial charge in [0.15, 0.2) is 6.10 Å². The summed E-state index contributed by atoms with van der Waals surface area (Å²) in [6.45, 7) is 5.95. The van der Waals surface area contributed by atoms with Crippen LogP contribution in [0.4, 0.5) is 11.4 Å². The zero-order valence-electron chi connectivity index (χ0n) is 10.7. The van der Waals surface area contributed by atoms with Crippen LogP contribution in [-0.4, -0.2) is 19.1 Å². The maximum atomic E-state index is 11.8. The highest BCUT2D eigenvalue weighted by molar-refractivity contribution is 6.02. The van der Waals surface area contributed by atoms with Gasteiger partial charge in [0.25, 0.3) is 5.91 Å². The molecule has 0 bridgehead atoms. The molecule has 1 unspecified atom stereocenters. The largest absolute Gasteiger partial charge is 0.479 e. The van der Waals surface area contributed by atoms with Gasteiger partial charge in [-0.15, -0.1) is 0 Å². The first-order chi connectivity index (χ1) is 7.91. The monoisotopic (exact) mass is 234 g/mol. The Morgan fingerprint density at radius 3 is 2.65 bits per heavy atom. The molecule has 0 radical (unpaired) electrons. The van der Waals surface area contributed by atoms with Crippen LogP contribution in [0.15, 0.2) is 12.1 Å². The van der Waals surface area contributed by atoms with E-state index in [4.69, 9.17) is 10.5 Å². The van der Waals surface area contributed by atoms with Crippen molar-refractivity contribution >= 4 is 17.3 Å². The number of nitrogens with two attached hydrogens (primary N) is 1. The molecule has 0 spiro atoms. The van der Waals surface area contributed by atoms with Gasteiger partial charge in [0.2, 0.25) is 0 Å². The summed E-state index contributed by atoms with van der Waals surface area (Å²) in [5.41, 5.74) is 8.40. The molecule has 1 atom stereocenters. The van der Waals surface area contributed by atoms with Crippen molar-refractivity contribution < 1.29 is 9.53 Å². The average Bonchev–Trinajstić information content (AvgIpc) is 2.25. The number of nitrogens with zero attached hydrogens (tertiary/aromatic N) is 1. The second-order valence-corrected chi connectivity index (χ2v) is 4.77. The Morgan fingerprint density at radius 1 is 1.41 bits per heavy atom. The van der Waals surface area contributed by atoms with E-state index in [2.05, 4.69) is 13.8 Å². The average molecular weight is 234 g/mol. The van der Waals surface area contributed by atoms with Gasteiger partial charge >= 0.3 is 0 Å². The van der Waals surface area contributed by atoms with Gasteiger partial charge in [0.05, 0.1) is 5.69 Å². The molecule has 0 aromatic heterocycles. The van der Waals surface area contributed by atoms with Gasteiger partial charge in [-0.25, -0.2) is 0 Å². The molecule has 1 aliphatic heterocycles. The Labute approximate surface area is 101 Å². The highest BCUT2D eigenvalue weighted by Gasteiger charge is 2.30. The number of likely N-dealkylation sites (N-methyl/N-ethyl adjacent to an activating group) is 1. The molecule has 1 aromatic carbocycles. The maximum Gasteiger partial charge on any atom is 0.267 e. The summed E-state index contributed by atoms with van der Waals surface area (Å²) in [6, 6.07) is 3.88. The number of anilines is 2. The molecule has 92 valence electrons. The van der Waals surface area contributed by atoms with E-state index in [-0.39, 0.29) is 5.91 Å². The number of fused-ring (bicyclic) bond motifs is 1. The maximum absolute atomic E-state index is 11.8. The number of benzene rings is 1. The van der Waals surface area contributed by atoms with E-state index < -0.39 is 6.10 Å². The molecule has 0 saturated heterocycles. The fraction of sp³-hybridized carbons (Fsp3) is 0.462. The number of nitrogen functional groups attached to an aromatic ring is 1. The SMILES string of the molecule is CC1Oc2cc(C(C)C)cc(N)c2N(C)C1=O. The number of ether oxygens (including phenoxy) is 1. The van der Waals surface area contributed by atoms with Crippen molar-refractivity contribution in [2.24, 2.45) is 0 Å². The van der Waals surface area contributed by atoms with Crippen LogP contribution >= 0.6 is 0 Å². The second kappa shape index (κ2) is 3.95. The number of hydrogen-bond acceptors (Lipinski definition) is 3. The van der Waals surface area contributed by atoms with Crippen LogP contribution in [-0.2, 0) is 4.79 Å². The molecule has 0 saturated carbocycles. The van der Waals surface area contributed by atoms with E-state index in [1.165, 1.54) is 0 Å². The van der Waals surface area contributed by atoms with Crippen LogP contribution < -0.4 is 15.4 Å². The van der Waals surface area contributed by atoms with Gasteiger partial charge in [0.1, 0.15) is 11.4 Å². The lowest BCUT2D eigenvalue weighted by atomic mass is 10.0. The molecule has 0 fully saturated rings. The van der Waals surface area contributed by atoms with Crippen LogP contribution in [0.5, 0.6) is 5.75 Å². The van der Waals surface area contributed by atoms with Crippen LogP contribution in [0, 0.1) is 0 Å². The van der Waals surface area contributed by atoms with Gasteiger partial charge in [-0.3, -0.25) is 4.79 Å². The molecule has 1 aromatic rings. The number of amides is 1. The van der Waals surface area contributed by atoms with Crippen molar-refractivity contribution in [3.63, 3.8) is 0 Å². The zero-order chi connectivity index (χ0) is 12.7. The minimum atomic E-state index is -0.450. The fourth-order valence-corrected chi connectivity index (χ4v) is 2.06. The minimum Gasteiger partial charge on any atom is -0.479 e. The third-order valence-corrected chi connectivity index (χ3v) is 3.11. The van der Waals surface area contributed by atoms with Crippen molar-refractivity contribution in [3.05, 3.63) is 17.7 Å². The predicted octanol–water partition coefficient (Wildman–Crippen LogP) is 2.14. The molecular formula is C13H18N2O2. The third kappa shape index (κ3) is 1.84. The fourth-order valence-electron chi connectivity index (χ4n) is 2.06. The zero-order valence-corrected chi connectivity index (χ0v) is 10.7. The molecule has 4 heteroatoms. The Morgan fingerprint density at radius 2 is 2.06 bits per heavy atom. The molecule has 1 aliphatic rings. The van der Waals surface area contributed by atoms with Gasteiger partial charge in [-0.2, -0.15) is 0 Å². The molecule has 2 rings (SSSR count). The van der Waals surface area contributed by atoms with Gasteiger partial charge in [-0.05, 0) is 30.5 Å². The predicted molar refractivity (Wildman–Crippen MR) is 68.4 cm³/mol. The van der Waals surface area contributed by atoms with Gasteiger partial charge in [0, 0.05) is 7.05 Å². The lowest BCUT2D eigenvalue weighted by Crippen LogP contribution is -2.42. The van der Waals surface area contributed by atoms with Crippen molar-refractivity contribution in [1.82, 2.24) is 0 Å². The molecular weight excluding hydrogens is 216 g/mol. The topological polar surface area (TPSA) is 55.6 Å². The van der Waals surface area contributed by atoms with E-state index in [9.17, 15) is 4.79 Å². The molecule has 17 heavy (non-hydrogen) atoms. The van der Waals surface area contributed by atoms with Gasteiger partial charge < -0.3 is 15.4 Å². The number of carbonyl (C=O) groups is 1. The Hall–Kier alpha value is -1.71. The van der Waals surface area contributed by atoms with Gasteiger partial charge in [-0.1, -0.05) is 13.8 Å². The summed E-state index contributed by atoms with van der Waals surface area (Å²) < 4.78 is 5.61. The van der Waals surface area contributed by atoms with Crippen molar-refractivity contribution in [1.29, 1.82) is 0 Å². The van der Waals surface area contributed by atoms with Crippen molar-refractivity contribution in [2.75, 3.05) is 17.7 Å². The van der Waals surface area contributed by atoms with Crippen LogP contribution in [0.2, 0.25) is 0 Å². The number of rotatable bonds is 1. The number of hydrogen-bond donors (Lipinski definition) is 1. The van der Waals surface area contributed by atoms with Crippen LogP contribution in [0.3, 0.4) is 0 Å². The number of carbonyl (C=O) groups excluding carboxylic acids is 1. The van der Waals surface area contributed by atoms with Crippen molar-refractivity contribution in [2.45, 2.75) is 32.8 Å². The molecule has 1 heterocycles. The first kappa shape index (κ1) is 11.8. The van der Waals surface area contributed by atoms with E-state index in [0.29, 0.717) is 23.0 Å². The summed E-state index contributed by atoms with van der Waals surface area (Å²) in [5.74, 6) is 1.01. The summed E-state index contributed by atoms with van der Waals surface area (Å²) in [7, 11) is 1.73. The van der Waals surface area contributed by atoms with E-state index in [1.54, 1.807) is 18.9 Å². The van der Waals surface area contributed by atoms with Crippen molar-refractivity contribution in [3.8, 4) is 5.75 Å². The molecule has 1 amide bonds. The normalized spacial score (nSPS) is 19.2. The van der Waals surface area contributed by atoms with Crippen LogP contribution in [0.1, 0.15) is 32.3 Å². The first-order valence-corrected chi connectivity index (χ1v) is 5.79. The summed E-state index contributed by atoms with van der Waals surface area (Å²) in [6.07, 6.45) is -0.450. The summed E-state index contributed by atoms with van der Waals surface area (Å²) in [5, 5.41) is 0. The highest BCUT2D eigenvalue weighted by atomic mass is 16.5. The second-order valence-electron chi connectivity index (χ2n) is 4.77. The molecule has 4 nitrogen and oxygen atoms in total. The third-order valence-electron chi connectivity index (χ3n) is 3.11. The quantitative estimate of drug-likeness (QED) is 0.757. The Bertz CT molecular complexity index is 469. The Balaban J connectivity index is 2.56. The molecule has 0 aliphatic carbocycles.